The summed E-state index contributed by atoms with van der Waals surface area (Å²) in [6.45, 7) is 0. The molecule has 9 heteroatoms. The highest BCUT2D eigenvalue weighted by Crippen LogP contribution is 2.41. The smallest absolute Gasteiger partial charge is 0.231 e. The van der Waals surface area contributed by atoms with Crippen molar-refractivity contribution >= 4 is 34.4 Å². The highest BCUT2D eigenvalue weighted by atomic mass is 127. The van der Waals surface area contributed by atoms with Gasteiger partial charge >= 0.3 is 0 Å². The van der Waals surface area contributed by atoms with Crippen LogP contribution in [0.1, 0.15) is 11.1 Å². The van der Waals surface area contributed by atoms with Crippen LogP contribution in [0.5, 0.6) is 17.2 Å². The number of nitriles is 1. The number of benzene rings is 2. The molecule has 8 nitrogen and oxygen atoms in total. The molecule has 0 saturated heterocycles. The summed E-state index contributed by atoms with van der Waals surface area (Å²) in [5.74, 6) is 1.10. The van der Waals surface area contributed by atoms with E-state index in [0.717, 1.165) is 9.13 Å². The van der Waals surface area contributed by atoms with Crippen molar-refractivity contribution in [1.82, 2.24) is 9.97 Å². The molecule has 0 bridgehead atoms. The van der Waals surface area contributed by atoms with Crippen molar-refractivity contribution in [3.63, 3.8) is 0 Å². The number of hydrogen-bond donors (Lipinski definition) is 1. The second-order valence-electron chi connectivity index (χ2n) is 6.30. The zero-order chi connectivity index (χ0) is 22.4. The van der Waals surface area contributed by atoms with Crippen molar-refractivity contribution in [1.29, 1.82) is 5.26 Å². The molecule has 1 N–H and O–H groups in total. The van der Waals surface area contributed by atoms with Crippen molar-refractivity contribution in [2.45, 2.75) is 6.42 Å². The summed E-state index contributed by atoms with van der Waals surface area (Å²) in [5, 5.41) is 12.2. The van der Waals surface area contributed by atoms with Crippen LogP contribution < -0.4 is 19.5 Å². The number of rotatable bonds is 7. The molecule has 158 valence electrons. The summed E-state index contributed by atoms with van der Waals surface area (Å²) in [6, 6.07) is 13.1. The molecule has 1 aromatic heterocycles. The fourth-order valence-electron chi connectivity index (χ4n) is 2.95. The van der Waals surface area contributed by atoms with Gasteiger partial charge in [-0.25, -0.2) is 9.97 Å². The number of nitrogens with zero attached hydrogens (tertiary/aromatic N) is 3. The van der Waals surface area contributed by atoms with Gasteiger partial charge in [-0.1, -0.05) is 18.2 Å². The van der Waals surface area contributed by atoms with Crippen molar-refractivity contribution < 1.29 is 19.0 Å². The lowest BCUT2D eigenvalue weighted by Crippen LogP contribution is -2.17. The van der Waals surface area contributed by atoms with Crippen LogP contribution >= 0.6 is 22.6 Å². The Morgan fingerprint density at radius 1 is 1.13 bits per heavy atom. The highest BCUT2D eigenvalue weighted by molar-refractivity contribution is 14.1. The number of nitrogens with one attached hydrogen (secondary N) is 1. The maximum atomic E-state index is 12.5. The third-order valence-electron chi connectivity index (χ3n) is 4.41. The second kappa shape index (κ2) is 10.1. The number of anilines is 1. The molecule has 3 rings (SSSR count). The van der Waals surface area contributed by atoms with Crippen LogP contribution in [0.15, 0.2) is 42.6 Å². The van der Waals surface area contributed by atoms with Gasteiger partial charge < -0.3 is 14.2 Å². The first-order valence-electron chi connectivity index (χ1n) is 9.11. The van der Waals surface area contributed by atoms with Crippen LogP contribution in [-0.2, 0) is 11.2 Å². The molecule has 0 saturated carbocycles. The molecule has 1 amide bonds. The molecule has 0 atom stereocenters. The van der Waals surface area contributed by atoms with Gasteiger partial charge in [-0.05, 0) is 46.4 Å². The number of carbonyl (C=O) groups is 1. The molecule has 31 heavy (non-hydrogen) atoms. The van der Waals surface area contributed by atoms with Crippen LogP contribution in [0.25, 0.3) is 11.3 Å². The molecule has 0 fully saturated rings. The first kappa shape index (κ1) is 22.3. The van der Waals surface area contributed by atoms with E-state index < -0.39 is 0 Å². The topological polar surface area (TPSA) is 106 Å². The number of aromatic nitrogens is 2. The van der Waals surface area contributed by atoms with E-state index in [0.29, 0.717) is 28.5 Å². The number of hydrogen-bond acceptors (Lipinski definition) is 7. The normalized spacial score (nSPS) is 10.2. The Morgan fingerprint density at radius 3 is 2.39 bits per heavy atom. The zero-order valence-corrected chi connectivity index (χ0v) is 19.3. The molecule has 0 aliphatic rings. The lowest BCUT2D eigenvalue weighted by Gasteiger charge is -2.14. The first-order valence-corrected chi connectivity index (χ1v) is 10.2. The van der Waals surface area contributed by atoms with E-state index in [1.807, 2.05) is 24.3 Å². The average molecular weight is 530 g/mol. The highest BCUT2D eigenvalue weighted by Gasteiger charge is 2.18. The summed E-state index contributed by atoms with van der Waals surface area (Å²) >= 11 is 2.18. The fraction of sp³-hybridized carbons (Fsp3) is 0.182. The summed E-state index contributed by atoms with van der Waals surface area (Å²) in [4.78, 5) is 21.0. The molecule has 2 aromatic carbocycles. The van der Waals surface area contributed by atoms with Crippen molar-refractivity contribution in [3.8, 4) is 34.6 Å². The summed E-state index contributed by atoms with van der Waals surface area (Å²) in [5.41, 5.74) is 2.03. The SMILES string of the molecule is COc1cc(-c2nc(NC(=O)Cc3ccccc3I)ncc2C#N)cc(OC)c1OC. The number of amides is 1. The van der Waals surface area contributed by atoms with Crippen molar-refractivity contribution in [2.75, 3.05) is 26.6 Å². The Balaban J connectivity index is 1.96. The molecule has 0 spiro atoms. The Bertz CT molecular complexity index is 1140. The lowest BCUT2D eigenvalue weighted by molar-refractivity contribution is -0.115. The standard InChI is InChI=1S/C22H19IN4O4/c1-29-17-8-14(9-18(30-2)21(17)31-3)20-15(11-24)12-25-22(27-20)26-19(28)10-13-6-4-5-7-16(13)23/h4-9,12H,10H2,1-3H3,(H,25,26,27,28). The zero-order valence-electron chi connectivity index (χ0n) is 17.1. The minimum Gasteiger partial charge on any atom is -0.493 e. The average Bonchev–Trinajstić information content (AvgIpc) is 2.79. The Morgan fingerprint density at radius 2 is 1.81 bits per heavy atom. The summed E-state index contributed by atoms with van der Waals surface area (Å²) in [7, 11) is 4.51. The number of methoxy groups -OCH3 is 3. The maximum absolute atomic E-state index is 12.5. The number of carbonyl (C=O) groups excluding carboxylic acids is 1. The summed E-state index contributed by atoms with van der Waals surface area (Å²) in [6.07, 6.45) is 1.55. The summed E-state index contributed by atoms with van der Waals surface area (Å²) < 4.78 is 17.1. The van der Waals surface area contributed by atoms with Gasteiger partial charge in [0.25, 0.3) is 0 Å². The van der Waals surface area contributed by atoms with E-state index >= 15 is 0 Å². The predicted molar refractivity (Wildman–Crippen MR) is 123 cm³/mol. The lowest BCUT2D eigenvalue weighted by atomic mass is 10.1. The Kier molecular flexibility index (Phi) is 7.25. The Hall–Kier alpha value is -3.39. The van der Waals surface area contributed by atoms with Crippen molar-refractivity contribution in [2.24, 2.45) is 0 Å². The van der Waals surface area contributed by atoms with Gasteiger partial charge in [0, 0.05) is 9.13 Å². The monoisotopic (exact) mass is 530 g/mol. The van der Waals surface area contributed by atoms with E-state index in [9.17, 15) is 10.1 Å². The van der Waals surface area contributed by atoms with Crippen LogP contribution in [0, 0.1) is 14.9 Å². The predicted octanol–water partition coefficient (Wildman–Crippen LogP) is 3.83. The van der Waals surface area contributed by atoms with Crippen LogP contribution in [0.3, 0.4) is 0 Å². The van der Waals surface area contributed by atoms with E-state index in [1.54, 1.807) is 12.1 Å². The van der Waals surface area contributed by atoms with E-state index in [1.165, 1.54) is 27.5 Å². The molecule has 0 aliphatic heterocycles. The van der Waals surface area contributed by atoms with E-state index in [4.69, 9.17) is 14.2 Å². The maximum Gasteiger partial charge on any atom is 0.231 e. The minimum atomic E-state index is -0.260. The van der Waals surface area contributed by atoms with Crippen LogP contribution in [0.2, 0.25) is 0 Å². The largest absolute Gasteiger partial charge is 0.493 e. The molecular formula is C22H19IN4O4. The molecule has 0 aliphatic carbocycles. The molecule has 1 heterocycles. The first-order chi connectivity index (χ1) is 15.0. The number of ether oxygens (including phenoxy) is 3. The number of halogens is 1. The fourth-order valence-corrected chi connectivity index (χ4v) is 3.52. The molecule has 0 unspecified atom stereocenters. The van der Waals surface area contributed by atoms with Gasteiger partial charge in [0.05, 0.1) is 45.2 Å². The third-order valence-corrected chi connectivity index (χ3v) is 5.46. The van der Waals surface area contributed by atoms with Gasteiger partial charge in [0.15, 0.2) is 11.5 Å². The third kappa shape index (κ3) is 5.03. The van der Waals surface area contributed by atoms with Crippen LogP contribution in [-0.4, -0.2) is 37.2 Å². The minimum absolute atomic E-state index is 0.0960. The van der Waals surface area contributed by atoms with Crippen LogP contribution in [0.4, 0.5) is 5.95 Å². The second-order valence-corrected chi connectivity index (χ2v) is 7.46. The van der Waals surface area contributed by atoms with Gasteiger partial charge in [-0.15, -0.1) is 0 Å². The Labute approximate surface area is 193 Å². The van der Waals surface area contributed by atoms with E-state index in [-0.39, 0.29) is 23.8 Å². The van der Waals surface area contributed by atoms with Gasteiger partial charge in [-0.3, -0.25) is 10.1 Å². The molecule has 0 radical (unpaired) electrons. The van der Waals surface area contributed by atoms with Gasteiger partial charge in [0.2, 0.25) is 17.6 Å². The van der Waals surface area contributed by atoms with Gasteiger partial charge in [0.1, 0.15) is 6.07 Å². The van der Waals surface area contributed by atoms with Crippen molar-refractivity contribution in [3.05, 3.63) is 57.3 Å². The molecule has 3 aromatic rings. The quantitative estimate of drug-likeness (QED) is 0.463. The molecular weight excluding hydrogens is 511 g/mol. The van der Waals surface area contributed by atoms with Gasteiger partial charge in [-0.2, -0.15) is 5.26 Å². The van der Waals surface area contributed by atoms with E-state index in [2.05, 4.69) is 43.9 Å².